The maximum Gasteiger partial charge on any atom is 0.0722 e. The molecule has 0 fully saturated rings. The number of nitrogens with zero attached hydrogens (tertiary/aromatic N) is 1. The van der Waals surface area contributed by atoms with E-state index in [0.717, 1.165) is 40.9 Å². The highest BCUT2D eigenvalue weighted by atomic mass is 35.5. The highest BCUT2D eigenvalue weighted by Crippen LogP contribution is 2.25. The van der Waals surface area contributed by atoms with Crippen LogP contribution in [0.2, 0.25) is 0 Å². The number of anilines is 3. The molecule has 0 amide bonds. The van der Waals surface area contributed by atoms with Crippen LogP contribution in [-0.4, -0.2) is 16.5 Å². The van der Waals surface area contributed by atoms with Gasteiger partial charge in [0.1, 0.15) is 0 Å². The molecule has 0 spiro atoms. The number of rotatable bonds is 6. The number of para-hydroxylation sites is 2. The Bertz CT molecular complexity index is 1260. The summed E-state index contributed by atoms with van der Waals surface area (Å²) in [6.07, 6.45) is 4.93. The summed E-state index contributed by atoms with van der Waals surface area (Å²) in [4.78, 5) is 7.76. The molecular formula is C25H23ClN4. The van der Waals surface area contributed by atoms with Crippen LogP contribution in [0.4, 0.5) is 17.1 Å². The summed E-state index contributed by atoms with van der Waals surface area (Å²) in [5, 5.41) is 9.44. The van der Waals surface area contributed by atoms with E-state index in [1.54, 1.807) is 0 Å². The standard InChI is InChI=1S/C25H22N4.ClH/c1-3-7-23-21(5-1)18(17-28-23)13-15-26-19-9-11-20(12-10-19)29-25-14-16-27-24-8-4-2-6-22(24)25;/h1-12,14,16-17,26,28H,13,15H2,(H,27,29);1H. The average molecular weight is 415 g/mol. The van der Waals surface area contributed by atoms with E-state index in [0.29, 0.717) is 0 Å². The van der Waals surface area contributed by atoms with E-state index in [9.17, 15) is 0 Å². The van der Waals surface area contributed by atoms with Gasteiger partial charge in [0.15, 0.2) is 0 Å². The van der Waals surface area contributed by atoms with Crippen molar-refractivity contribution in [3.8, 4) is 0 Å². The molecule has 0 saturated carbocycles. The van der Waals surface area contributed by atoms with Gasteiger partial charge in [0.05, 0.1) is 5.52 Å². The summed E-state index contributed by atoms with van der Waals surface area (Å²) < 4.78 is 0. The fraction of sp³-hybridized carbons (Fsp3) is 0.0800. The fourth-order valence-corrected chi connectivity index (χ4v) is 3.71. The molecule has 0 atom stereocenters. The van der Waals surface area contributed by atoms with Crippen LogP contribution in [0.15, 0.2) is 91.3 Å². The first-order chi connectivity index (χ1) is 14.4. The molecule has 3 aromatic carbocycles. The van der Waals surface area contributed by atoms with Gasteiger partial charge in [-0.15, -0.1) is 12.4 Å². The number of pyridine rings is 1. The third-order valence-corrected chi connectivity index (χ3v) is 5.21. The van der Waals surface area contributed by atoms with E-state index in [4.69, 9.17) is 0 Å². The summed E-state index contributed by atoms with van der Waals surface area (Å²) >= 11 is 0. The van der Waals surface area contributed by atoms with Gasteiger partial charge in [0.25, 0.3) is 0 Å². The summed E-state index contributed by atoms with van der Waals surface area (Å²) in [7, 11) is 0. The summed E-state index contributed by atoms with van der Waals surface area (Å²) in [5.41, 5.74) is 6.78. The molecule has 0 aliphatic carbocycles. The maximum absolute atomic E-state index is 4.42. The Morgan fingerprint density at radius 3 is 2.37 bits per heavy atom. The molecule has 0 unspecified atom stereocenters. The quantitative estimate of drug-likeness (QED) is 0.296. The minimum Gasteiger partial charge on any atom is -0.385 e. The second-order valence-corrected chi connectivity index (χ2v) is 7.11. The van der Waals surface area contributed by atoms with Gasteiger partial charge in [-0.2, -0.15) is 0 Å². The van der Waals surface area contributed by atoms with E-state index >= 15 is 0 Å². The Hall–Kier alpha value is -3.50. The summed E-state index contributed by atoms with van der Waals surface area (Å²) in [5.74, 6) is 0. The van der Waals surface area contributed by atoms with Crippen molar-refractivity contribution in [3.63, 3.8) is 0 Å². The minimum absolute atomic E-state index is 0. The Labute approximate surface area is 181 Å². The van der Waals surface area contributed by atoms with E-state index in [1.807, 2.05) is 30.5 Å². The number of fused-ring (bicyclic) bond motifs is 2. The van der Waals surface area contributed by atoms with Crippen molar-refractivity contribution in [1.29, 1.82) is 0 Å². The monoisotopic (exact) mass is 414 g/mol. The van der Waals surface area contributed by atoms with Crippen LogP contribution >= 0.6 is 12.4 Å². The van der Waals surface area contributed by atoms with Crippen LogP contribution in [0.1, 0.15) is 5.56 Å². The van der Waals surface area contributed by atoms with Gasteiger partial charge in [-0.25, -0.2) is 0 Å². The first-order valence-electron chi connectivity index (χ1n) is 9.86. The summed E-state index contributed by atoms with van der Waals surface area (Å²) in [6.45, 7) is 0.892. The second kappa shape index (κ2) is 8.89. The number of hydrogen-bond acceptors (Lipinski definition) is 3. The van der Waals surface area contributed by atoms with E-state index in [-0.39, 0.29) is 12.4 Å². The van der Waals surface area contributed by atoms with Gasteiger partial charge in [-0.3, -0.25) is 4.98 Å². The van der Waals surface area contributed by atoms with Gasteiger partial charge < -0.3 is 15.6 Å². The minimum atomic E-state index is 0. The van der Waals surface area contributed by atoms with Gasteiger partial charge >= 0.3 is 0 Å². The fourth-order valence-electron chi connectivity index (χ4n) is 3.71. The van der Waals surface area contributed by atoms with Crippen molar-refractivity contribution in [1.82, 2.24) is 9.97 Å². The molecule has 4 nitrogen and oxygen atoms in total. The van der Waals surface area contributed by atoms with E-state index in [1.165, 1.54) is 16.5 Å². The maximum atomic E-state index is 4.42. The van der Waals surface area contributed by atoms with Gasteiger partial charge in [0, 0.05) is 52.3 Å². The van der Waals surface area contributed by atoms with Crippen molar-refractivity contribution >= 4 is 51.3 Å². The lowest BCUT2D eigenvalue weighted by Gasteiger charge is -2.11. The SMILES string of the molecule is Cl.c1ccc2c(Nc3ccc(NCCc4c[nH]c5ccccc45)cc3)ccnc2c1. The van der Waals surface area contributed by atoms with Gasteiger partial charge in [0.2, 0.25) is 0 Å². The smallest absolute Gasteiger partial charge is 0.0722 e. The van der Waals surface area contributed by atoms with Crippen molar-refractivity contribution < 1.29 is 0 Å². The molecule has 5 aromatic rings. The zero-order valence-corrected chi connectivity index (χ0v) is 17.2. The molecule has 3 N–H and O–H groups in total. The van der Waals surface area contributed by atoms with Crippen molar-refractivity contribution in [3.05, 3.63) is 96.8 Å². The molecule has 5 rings (SSSR count). The zero-order chi connectivity index (χ0) is 19.5. The average Bonchev–Trinajstić information content (AvgIpc) is 3.18. The van der Waals surface area contributed by atoms with Crippen LogP contribution in [0.3, 0.4) is 0 Å². The zero-order valence-electron chi connectivity index (χ0n) is 16.4. The molecule has 0 aliphatic heterocycles. The highest BCUT2D eigenvalue weighted by Gasteiger charge is 2.04. The van der Waals surface area contributed by atoms with Crippen LogP contribution in [0, 0.1) is 0 Å². The number of benzene rings is 3. The second-order valence-electron chi connectivity index (χ2n) is 7.11. The number of hydrogen-bond donors (Lipinski definition) is 3. The van der Waals surface area contributed by atoms with Gasteiger partial charge in [-0.05, 0) is 54.4 Å². The van der Waals surface area contributed by atoms with Crippen LogP contribution in [0.5, 0.6) is 0 Å². The molecule has 0 saturated heterocycles. The Balaban J connectivity index is 0.00000218. The topological polar surface area (TPSA) is 52.7 Å². The van der Waals surface area contributed by atoms with Crippen molar-refractivity contribution in [2.45, 2.75) is 6.42 Å². The first kappa shape index (κ1) is 19.8. The normalized spacial score (nSPS) is 10.7. The lowest BCUT2D eigenvalue weighted by molar-refractivity contribution is 1.03. The third-order valence-electron chi connectivity index (χ3n) is 5.21. The van der Waals surface area contributed by atoms with E-state index in [2.05, 4.69) is 81.4 Å². The number of aromatic amines is 1. The molecule has 5 heteroatoms. The van der Waals surface area contributed by atoms with Crippen molar-refractivity contribution in [2.75, 3.05) is 17.2 Å². The molecule has 30 heavy (non-hydrogen) atoms. The highest BCUT2D eigenvalue weighted by molar-refractivity contribution is 5.92. The number of halogens is 1. The number of nitrogens with one attached hydrogen (secondary N) is 3. The molecule has 150 valence electrons. The predicted octanol–water partition coefficient (Wildman–Crippen LogP) is 6.54. The molecule has 2 aromatic heterocycles. The lowest BCUT2D eigenvalue weighted by Crippen LogP contribution is -2.04. The van der Waals surface area contributed by atoms with Gasteiger partial charge in [-0.1, -0.05) is 36.4 Å². The molecule has 0 bridgehead atoms. The summed E-state index contributed by atoms with van der Waals surface area (Å²) in [6, 6.07) is 27.0. The van der Waals surface area contributed by atoms with Crippen LogP contribution < -0.4 is 10.6 Å². The molecular weight excluding hydrogens is 392 g/mol. The first-order valence-corrected chi connectivity index (χ1v) is 9.86. The van der Waals surface area contributed by atoms with Crippen molar-refractivity contribution in [2.24, 2.45) is 0 Å². The molecule has 2 heterocycles. The number of aromatic nitrogens is 2. The third kappa shape index (κ3) is 4.09. The number of H-pyrrole nitrogens is 1. The largest absolute Gasteiger partial charge is 0.385 e. The molecule has 0 radical (unpaired) electrons. The Morgan fingerprint density at radius 1 is 0.767 bits per heavy atom. The Kier molecular flexibility index (Phi) is 5.87. The Morgan fingerprint density at radius 2 is 1.50 bits per heavy atom. The molecule has 0 aliphatic rings. The van der Waals surface area contributed by atoms with Crippen LogP contribution in [0.25, 0.3) is 21.8 Å². The predicted molar refractivity (Wildman–Crippen MR) is 129 cm³/mol. The van der Waals surface area contributed by atoms with E-state index < -0.39 is 0 Å². The lowest BCUT2D eigenvalue weighted by atomic mass is 10.1. The van der Waals surface area contributed by atoms with Crippen LogP contribution in [-0.2, 0) is 6.42 Å².